The van der Waals surface area contributed by atoms with Crippen molar-refractivity contribution in [2.24, 2.45) is 0 Å². The normalized spacial score (nSPS) is 13.2. The van der Waals surface area contributed by atoms with Gasteiger partial charge in [-0.1, -0.05) is 0 Å². The summed E-state index contributed by atoms with van der Waals surface area (Å²) in [4.78, 5) is 0. The number of hydrogen-bond acceptors (Lipinski definition) is 2. The molecular formula is C10H16F2N2O. The number of aromatic nitrogens is 2. The van der Waals surface area contributed by atoms with Gasteiger partial charge in [0.05, 0.1) is 5.60 Å². The molecule has 1 aromatic rings. The van der Waals surface area contributed by atoms with Crippen molar-refractivity contribution in [1.29, 1.82) is 0 Å². The van der Waals surface area contributed by atoms with Gasteiger partial charge in [-0.15, -0.1) is 0 Å². The minimum absolute atomic E-state index is 0.180. The summed E-state index contributed by atoms with van der Waals surface area (Å²) in [6, 6.07) is 1.30. The largest absolute Gasteiger partial charge is 0.354 e. The van der Waals surface area contributed by atoms with Gasteiger partial charge in [0.25, 0.3) is 5.92 Å². The highest BCUT2D eigenvalue weighted by Gasteiger charge is 2.27. The van der Waals surface area contributed by atoms with Crippen molar-refractivity contribution in [2.45, 2.75) is 45.9 Å². The number of hydrogen-bond donors (Lipinski definition) is 0. The van der Waals surface area contributed by atoms with Gasteiger partial charge in [-0.05, 0) is 26.8 Å². The van der Waals surface area contributed by atoms with Crippen LogP contribution in [0.1, 0.15) is 33.4 Å². The summed E-state index contributed by atoms with van der Waals surface area (Å²) in [7, 11) is 0. The highest BCUT2D eigenvalue weighted by Crippen LogP contribution is 2.24. The van der Waals surface area contributed by atoms with Gasteiger partial charge in [-0.3, -0.25) is 0 Å². The zero-order valence-corrected chi connectivity index (χ0v) is 9.42. The Hall–Kier alpha value is -0.970. The molecule has 0 unspecified atom stereocenters. The summed E-state index contributed by atoms with van der Waals surface area (Å²) in [6.07, 6.45) is 1.48. The smallest absolute Gasteiger partial charge is 0.288 e. The van der Waals surface area contributed by atoms with E-state index in [1.165, 1.54) is 16.9 Å². The molecule has 3 nitrogen and oxygen atoms in total. The maximum atomic E-state index is 12.8. The van der Waals surface area contributed by atoms with Crippen LogP contribution in [0.15, 0.2) is 12.3 Å². The van der Waals surface area contributed by atoms with E-state index in [9.17, 15) is 8.78 Å². The lowest BCUT2D eigenvalue weighted by Gasteiger charge is -2.19. The summed E-state index contributed by atoms with van der Waals surface area (Å²) in [5, 5.41) is 3.73. The monoisotopic (exact) mass is 218 g/mol. The topological polar surface area (TPSA) is 27.1 Å². The standard InChI is InChI=1S/C10H16F2N2O/c1-9(2,3)15-7-14-6-5-8(13-14)10(4,11)12/h5-6H,7H2,1-4H3. The molecule has 0 aliphatic heterocycles. The third kappa shape index (κ3) is 3.95. The Bertz CT molecular complexity index is 323. The van der Waals surface area contributed by atoms with Crippen molar-refractivity contribution in [3.8, 4) is 0 Å². The Balaban J connectivity index is 2.62. The molecule has 0 saturated heterocycles. The van der Waals surface area contributed by atoms with Crippen LogP contribution >= 0.6 is 0 Å². The SMILES string of the molecule is CC(C)(C)OCn1ccc(C(C)(F)F)n1. The number of ether oxygens (including phenoxy) is 1. The van der Waals surface area contributed by atoms with Crippen LogP contribution < -0.4 is 0 Å². The van der Waals surface area contributed by atoms with Crippen molar-refractivity contribution in [3.63, 3.8) is 0 Å². The predicted molar refractivity (Wildman–Crippen MR) is 52.6 cm³/mol. The fourth-order valence-corrected chi connectivity index (χ4v) is 0.927. The first-order valence-electron chi connectivity index (χ1n) is 4.74. The second kappa shape index (κ2) is 3.89. The predicted octanol–water partition coefficient (Wildman–Crippen LogP) is 2.77. The number of halogens is 2. The lowest BCUT2D eigenvalue weighted by Crippen LogP contribution is -2.21. The summed E-state index contributed by atoms with van der Waals surface area (Å²) in [5.74, 6) is -2.90. The first kappa shape index (κ1) is 12.1. The molecule has 0 N–H and O–H groups in total. The van der Waals surface area contributed by atoms with Crippen molar-refractivity contribution in [2.75, 3.05) is 0 Å². The van der Waals surface area contributed by atoms with E-state index in [1.54, 1.807) is 0 Å². The Labute approximate surface area is 88.0 Å². The van der Waals surface area contributed by atoms with Crippen molar-refractivity contribution in [1.82, 2.24) is 9.78 Å². The Morgan fingerprint density at radius 2 is 1.93 bits per heavy atom. The molecular weight excluding hydrogens is 202 g/mol. The van der Waals surface area contributed by atoms with E-state index in [1.807, 2.05) is 20.8 Å². The van der Waals surface area contributed by atoms with E-state index in [4.69, 9.17) is 4.74 Å². The molecule has 0 aliphatic rings. The van der Waals surface area contributed by atoms with Crippen molar-refractivity contribution in [3.05, 3.63) is 18.0 Å². The molecule has 1 rings (SSSR count). The molecule has 0 fully saturated rings. The molecule has 0 saturated carbocycles. The molecule has 0 atom stereocenters. The van der Waals surface area contributed by atoms with Gasteiger partial charge in [0, 0.05) is 13.1 Å². The fraction of sp³-hybridized carbons (Fsp3) is 0.700. The molecule has 1 heterocycles. The van der Waals surface area contributed by atoms with E-state index < -0.39 is 5.92 Å². The average molecular weight is 218 g/mol. The maximum Gasteiger partial charge on any atom is 0.288 e. The fourth-order valence-electron chi connectivity index (χ4n) is 0.927. The van der Waals surface area contributed by atoms with Crippen LogP contribution in [0.4, 0.5) is 8.78 Å². The van der Waals surface area contributed by atoms with Crippen molar-refractivity contribution >= 4 is 0 Å². The summed E-state index contributed by atoms with van der Waals surface area (Å²) in [6.45, 7) is 6.69. The highest BCUT2D eigenvalue weighted by molar-refractivity contribution is 5.05. The third-order valence-corrected chi connectivity index (χ3v) is 1.72. The van der Waals surface area contributed by atoms with E-state index >= 15 is 0 Å². The quantitative estimate of drug-likeness (QED) is 0.780. The van der Waals surface area contributed by atoms with Crippen LogP contribution in [0.25, 0.3) is 0 Å². The molecule has 0 radical (unpaired) electrons. The van der Waals surface area contributed by atoms with Crippen LogP contribution in [0.5, 0.6) is 0 Å². The Morgan fingerprint density at radius 3 is 2.33 bits per heavy atom. The van der Waals surface area contributed by atoms with Crippen LogP contribution in [0, 0.1) is 0 Å². The molecule has 0 aromatic carbocycles. The second-order valence-corrected chi connectivity index (χ2v) is 4.51. The Morgan fingerprint density at radius 1 is 1.33 bits per heavy atom. The molecule has 1 aromatic heterocycles. The van der Waals surface area contributed by atoms with Crippen LogP contribution in [-0.4, -0.2) is 15.4 Å². The minimum Gasteiger partial charge on any atom is -0.354 e. The highest BCUT2D eigenvalue weighted by atomic mass is 19.3. The lowest BCUT2D eigenvalue weighted by molar-refractivity contribution is -0.0494. The van der Waals surface area contributed by atoms with Crippen LogP contribution in [-0.2, 0) is 17.4 Å². The molecule has 0 aliphatic carbocycles. The van der Waals surface area contributed by atoms with Gasteiger partial charge in [0.15, 0.2) is 0 Å². The first-order chi connectivity index (χ1) is 6.68. The number of alkyl halides is 2. The number of nitrogens with zero attached hydrogens (tertiary/aromatic N) is 2. The van der Waals surface area contributed by atoms with E-state index in [-0.39, 0.29) is 18.0 Å². The zero-order valence-electron chi connectivity index (χ0n) is 9.42. The lowest BCUT2D eigenvalue weighted by atomic mass is 10.2. The van der Waals surface area contributed by atoms with Gasteiger partial charge in [0.2, 0.25) is 0 Å². The summed E-state index contributed by atoms with van der Waals surface area (Å²) >= 11 is 0. The van der Waals surface area contributed by atoms with E-state index in [2.05, 4.69) is 5.10 Å². The van der Waals surface area contributed by atoms with Crippen LogP contribution in [0.2, 0.25) is 0 Å². The van der Waals surface area contributed by atoms with Gasteiger partial charge in [-0.25, -0.2) is 4.68 Å². The second-order valence-electron chi connectivity index (χ2n) is 4.51. The van der Waals surface area contributed by atoms with Gasteiger partial charge < -0.3 is 4.74 Å². The first-order valence-corrected chi connectivity index (χ1v) is 4.74. The van der Waals surface area contributed by atoms with E-state index in [0.717, 1.165) is 6.92 Å². The maximum absolute atomic E-state index is 12.8. The summed E-state index contributed by atoms with van der Waals surface area (Å²) < 4.78 is 32.4. The molecule has 5 heteroatoms. The Kier molecular flexibility index (Phi) is 3.13. The van der Waals surface area contributed by atoms with Crippen LogP contribution in [0.3, 0.4) is 0 Å². The third-order valence-electron chi connectivity index (χ3n) is 1.72. The van der Waals surface area contributed by atoms with Crippen molar-refractivity contribution < 1.29 is 13.5 Å². The number of rotatable bonds is 3. The summed E-state index contributed by atoms with van der Waals surface area (Å²) in [5.41, 5.74) is -0.541. The molecule has 86 valence electrons. The molecule has 0 spiro atoms. The molecule has 15 heavy (non-hydrogen) atoms. The van der Waals surface area contributed by atoms with Gasteiger partial charge >= 0.3 is 0 Å². The van der Waals surface area contributed by atoms with E-state index in [0.29, 0.717) is 0 Å². The molecule has 0 bridgehead atoms. The van der Waals surface area contributed by atoms with Gasteiger partial charge in [0.1, 0.15) is 12.4 Å². The molecule has 0 amide bonds. The zero-order chi connectivity index (χ0) is 11.7. The average Bonchev–Trinajstić information content (AvgIpc) is 2.45. The van der Waals surface area contributed by atoms with Gasteiger partial charge in [-0.2, -0.15) is 13.9 Å². The minimum atomic E-state index is -2.90.